The summed E-state index contributed by atoms with van der Waals surface area (Å²) in [5.41, 5.74) is 3.48. The molecule has 0 radical (unpaired) electrons. The molecule has 0 nitrogen and oxygen atoms in total. The van der Waals surface area contributed by atoms with Gasteiger partial charge in [-0.05, 0) is 17.6 Å². The summed E-state index contributed by atoms with van der Waals surface area (Å²) in [4.78, 5) is 0. The Morgan fingerprint density at radius 2 is 0.913 bits per heavy atom. The number of hydrogen-bond acceptors (Lipinski definition) is 0. The predicted molar refractivity (Wildman–Crippen MR) is 119 cm³/mol. The van der Waals surface area contributed by atoms with Crippen LogP contribution in [-0.2, 0) is 0 Å². The van der Waals surface area contributed by atoms with Gasteiger partial charge in [-0.2, -0.15) is 0 Å². The molecule has 0 atom stereocenters. The van der Waals surface area contributed by atoms with Crippen molar-refractivity contribution in [2.45, 2.75) is 58.8 Å². The summed E-state index contributed by atoms with van der Waals surface area (Å²) in [5, 5.41) is 6.94. The number of fused-ring (bicyclic) bond motifs is 2. The number of allylic oxidation sites excluding steroid dienone is 10. The smallest absolute Gasteiger partial charge is 0.0651 e. The maximum absolute atomic E-state index is 2.54. The van der Waals surface area contributed by atoms with Crippen molar-refractivity contribution in [3.05, 3.63) is 56.2 Å². The summed E-state index contributed by atoms with van der Waals surface area (Å²) in [6.07, 6.45) is 11.4. The lowest BCUT2D eigenvalue weighted by molar-refractivity contribution is 1.18. The van der Waals surface area contributed by atoms with Crippen molar-refractivity contribution < 1.29 is 0 Å². The molecule has 0 aliphatic heterocycles. The van der Waals surface area contributed by atoms with Gasteiger partial charge in [0.25, 0.3) is 0 Å². The van der Waals surface area contributed by atoms with Crippen LogP contribution in [0.15, 0.2) is 56.2 Å². The maximum atomic E-state index is 2.54. The van der Waals surface area contributed by atoms with E-state index in [2.05, 4.69) is 76.7 Å². The van der Waals surface area contributed by atoms with Crippen LogP contribution in [0.2, 0.25) is 52.4 Å². The molecule has 0 N–H and O–H groups in total. The van der Waals surface area contributed by atoms with E-state index in [1.54, 1.807) is 31.9 Å². The van der Waals surface area contributed by atoms with E-state index in [9.17, 15) is 0 Å². The Kier molecular flexibility index (Phi) is 6.27. The standard InChI is InChI=1S/C19H34Si4/c1-20(2)16-9-10-18(22(5)6)15-13-14(16)17(21(3)4)11-12-19(15)23(7)8/h9-12,20-23H,13H2,1-8H3. The molecule has 0 saturated carbocycles. The zero-order chi connectivity index (χ0) is 17.3. The molecular weight excluding hydrogens is 341 g/mol. The van der Waals surface area contributed by atoms with Crippen LogP contribution < -0.4 is 0 Å². The van der Waals surface area contributed by atoms with Crippen LogP contribution in [0.3, 0.4) is 0 Å². The van der Waals surface area contributed by atoms with Crippen molar-refractivity contribution in [3.63, 3.8) is 0 Å². The van der Waals surface area contributed by atoms with E-state index in [0.29, 0.717) is 0 Å². The lowest BCUT2D eigenvalue weighted by Crippen LogP contribution is -2.16. The minimum absolute atomic E-state index is 0.802. The molecule has 0 fully saturated rings. The Morgan fingerprint density at radius 3 is 1.17 bits per heavy atom. The van der Waals surface area contributed by atoms with Crippen molar-refractivity contribution in [1.29, 1.82) is 0 Å². The quantitative estimate of drug-likeness (QED) is 0.635. The first-order valence-electron chi connectivity index (χ1n) is 9.30. The van der Waals surface area contributed by atoms with Gasteiger partial charge in [-0.1, -0.05) is 97.5 Å². The molecule has 4 heteroatoms. The van der Waals surface area contributed by atoms with Gasteiger partial charge in [0.05, 0.1) is 35.2 Å². The van der Waals surface area contributed by atoms with Crippen LogP contribution in [0.4, 0.5) is 0 Å². The Morgan fingerprint density at radius 1 is 0.565 bits per heavy atom. The zero-order valence-electron chi connectivity index (χ0n) is 16.3. The van der Waals surface area contributed by atoms with E-state index >= 15 is 0 Å². The summed E-state index contributed by atoms with van der Waals surface area (Å²) in [6, 6.07) is 0. The molecule has 2 bridgehead atoms. The third kappa shape index (κ3) is 3.98. The van der Waals surface area contributed by atoms with Crippen molar-refractivity contribution in [2.75, 3.05) is 0 Å². The highest BCUT2D eigenvalue weighted by atomic mass is 28.3. The van der Waals surface area contributed by atoms with E-state index in [-0.39, 0.29) is 0 Å². The molecule has 2 aliphatic rings. The summed E-state index contributed by atoms with van der Waals surface area (Å²) < 4.78 is 0. The molecule has 0 spiro atoms. The highest BCUT2D eigenvalue weighted by Crippen LogP contribution is 2.38. The molecule has 0 amide bonds. The molecule has 2 aliphatic carbocycles. The SMILES string of the molecule is C[SiH](C)C1=CC=C([SiH](C)C)C2=C([SiH](C)C)C=CC([SiH](C)C)=C1C2. The fourth-order valence-electron chi connectivity index (χ4n) is 3.84. The third-order valence-electron chi connectivity index (χ3n) is 5.12. The average Bonchev–Trinajstić information content (AvgIpc) is 2.74. The molecule has 0 aromatic rings. The Balaban J connectivity index is 2.75. The number of rotatable bonds is 4. The molecule has 126 valence electrons. The molecule has 0 saturated heterocycles. The normalized spacial score (nSPS) is 19.0. The Bertz CT molecular complexity index is 572. The van der Waals surface area contributed by atoms with Gasteiger partial charge < -0.3 is 0 Å². The second-order valence-corrected chi connectivity index (χ2v) is 20.0. The van der Waals surface area contributed by atoms with Gasteiger partial charge in [-0.3, -0.25) is 0 Å². The highest BCUT2D eigenvalue weighted by Gasteiger charge is 2.26. The zero-order valence-corrected chi connectivity index (χ0v) is 20.9. The van der Waals surface area contributed by atoms with Crippen molar-refractivity contribution in [2.24, 2.45) is 0 Å². The maximum Gasteiger partial charge on any atom is 0.0651 e. The second-order valence-electron chi connectivity index (χ2n) is 8.24. The molecular formula is C19H34Si4. The molecule has 0 aromatic carbocycles. The fraction of sp³-hybridized carbons (Fsp3) is 0.474. The van der Waals surface area contributed by atoms with Crippen molar-refractivity contribution in [3.8, 4) is 0 Å². The molecule has 23 heavy (non-hydrogen) atoms. The predicted octanol–water partition coefficient (Wildman–Crippen LogP) is 4.51. The van der Waals surface area contributed by atoms with Crippen LogP contribution in [0.25, 0.3) is 0 Å². The summed E-state index contributed by atoms with van der Waals surface area (Å²) in [7, 11) is -3.21. The van der Waals surface area contributed by atoms with Gasteiger partial charge in [-0.15, -0.1) is 0 Å². The third-order valence-corrected chi connectivity index (χ3v) is 12.3. The topological polar surface area (TPSA) is 0 Å². The van der Waals surface area contributed by atoms with Gasteiger partial charge in [-0.25, -0.2) is 0 Å². The van der Waals surface area contributed by atoms with E-state index < -0.39 is 35.2 Å². The van der Waals surface area contributed by atoms with Gasteiger partial charge in [0.2, 0.25) is 0 Å². The van der Waals surface area contributed by atoms with Gasteiger partial charge in [0.15, 0.2) is 0 Å². The first-order chi connectivity index (χ1) is 10.7. The van der Waals surface area contributed by atoms with Gasteiger partial charge in [0.1, 0.15) is 0 Å². The van der Waals surface area contributed by atoms with Crippen LogP contribution in [-0.4, -0.2) is 35.2 Å². The van der Waals surface area contributed by atoms with Crippen LogP contribution in [0.5, 0.6) is 0 Å². The molecule has 0 aromatic heterocycles. The van der Waals surface area contributed by atoms with E-state index in [1.165, 1.54) is 6.42 Å². The van der Waals surface area contributed by atoms with Gasteiger partial charge >= 0.3 is 0 Å². The fourth-order valence-corrected chi connectivity index (χ4v) is 9.96. The highest BCUT2D eigenvalue weighted by molar-refractivity contribution is 6.70. The lowest BCUT2D eigenvalue weighted by atomic mass is 10.1. The van der Waals surface area contributed by atoms with Gasteiger partial charge in [0, 0.05) is 0 Å². The van der Waals surface area contributed by atoms with E-state index in [1.807, 2.05) is 0 Å². The van der Waals surface area contributed by atoms with Crippen LogP contribution in [0.1, 0.15) is 6.42 Å². The van der Waals surface area contributed by atoms with Crippen LogP contribution >= 0.6 is 0 Å². The van der Waals surface area contributed by atoms with Crippen LogP contribution in [0, 0.1) is 0 Å². The first kappa shape index (κ1) is 18.9. The first-order valence-corrected chi connectivity index (χ1v) is 20.8. The lowest BCUT2D eigenvalue weighted by Gasteiger charge is -2.21. The largest absolute Gasteiger partial charge is 0.0682 e. The monoisotopic (exact) mass is 374 g/mol. The summed E-state index contributed by atoms with van der Waals surface area (Å²) in [5.74, 6) is 0. The van der Waals surface area contributed by atoms with E-state index in [4.69, 9.17) is 0 Å². The number of hydrogen-bond donors (Lipinski definition) is 0. The van der Waals surface area contributed by atoms with Crippen molar-refractivity contribution in [1.82, 2.24) is 0 Å². The Labute approximate surface area is 150 Å². The minimum atomic E-state index is -0.802. The summed E-state index contributed by atoms with van der Waals surface area (Å²) in [6.45, 7) is 20.0. The molecule has 0 unspecified atom stereocenters. The Hall–Kier alpha value is -0.432. The molecule has 0 heterocycles. The minimum Gasteiger partial charge on any atom is -0.0682 e. The molecule has 2 rings (SSSR count). The van der Waals surface area contributed by atoms with Crippen molar-refractivity contribution >= 4 is 35.2 Å². The average molecular weight is 375 g/mol. The second kappa shape index (κ2) is 7.64. The van der Waals surface area contributed by atoms with E-state index in [0.717, 1.165) is 0 Å². The summed E-state index contributed by atoms with van der Waals surface area (Å²) >= 11 is 0.